The molecule has 1 amide bonds. The normalized spacial score (nSPS) is 27.0. The van der Waals surface area contributed by atoms with Crippen molar-refractivity contribution < 1.29 is 18.7 Å². The molecule has 2 saturated heterocycles. The third-order valence-electron chi connectivity index (χ3n) is 7.48. The molecule has 3 aliphatic rings. The molecule has 1 aromatic heterocycles. The summed E-state index contributed by atoms with van der Waals surface area (Å²) in [7, 11) is 0. The summed E-state index contributed by atoms with van der Waals surface area (Å²) >= 11 is 0. The number of carbonyl (C=O) groups is 1. The molecule has 0 radical (unpaired) electrons. The molecule has 32 heavy (non-hydrogen) atoms. The number of amides is 1. The van der Waals surface area contributed by atoms with E-state index in [1.165, 1.54) is 25.3 Å². The minimum Gasteiger partial charge on any atom is -0.392 e. The van der Waals surface area contributed by atoms with E-state index in [1.807, 2.05) is 12.1 Å². The van der Waals surface area contributed by atoms with E-state index in [4.69, 9.17) is 0 Å². The molecule has 7 heteroatoms. The SMILES string of the molecule is O=C1N(C2CCCCC2)CCC12C[C@@H](O)CN2Cc1ccc(-c2ccc(F)c(F)c2)cn1. The van der Waals surface area contributed by atoms with Crippen LogP contribution in [0.1, 0.15) is 50.6 Å². The summed E-state index contributed by atoms with van der Waals surface area (Å²) in [6, 6.07) is 7.82. The molecule has 0 bridgehead atoms. The van der Waals surface area contributed by atoms with Crippen molar-refractivity contribution in [1.82, 2.24) is 14.8 Å². The molecule has 170 valence electrons. The number of hydrogen-bond donors (Lipinski definition) is 1. The van der Waals surface area contributed by atoms with Crippen LogP contribution in [0.25, 0.3) is 11.1 Å². The molecule has 2 aromatic rings. The first kappa shape index (κ1) is 21.5. The largest absolute Gasteiger partial charge is 0.392 e. The van der Waals surface area contributed by atoms with Crippen LogP contribution >= 0.6 is 0 Å². The van der Waals surface area contributed by atoms with E-state index < -0.39 is 23.3 Å². The first-order valence-electron chi connectivity index (χ1n) is 11.6. The van der Waals surface area contributed by atoms with E-state index in [-0.39, 0.29) is 5.91 Å². The molecular weight excluding hydrogens is 412 g/mol. The fourth-order valence-electron chi connectivity index (χ4n) is 5.79. The van der Waals surface area contributed by atoms with Gasteiger partial charge in [-0.15, -0.1) is 0 Å². The Balaban J connectivity index is 1.33. The summed E-state index contributed by atoms with van der Waals surface area (Å²) in [4.78, 5) is 22.3. The summed E-state index contributed by atoms with van der Waals surface area (Å²) in [5.74, 6) is -1.60. The molecule has 5 nitrogen and oxygen atoms in total. The van der Waals surface area contributed by atoms with Gasteiger partial charge in [-0.25, -0.2) is 8.78 Å². The van der Waals surface area contributed by atoms with E-state index in [2.05, 4.69) is 14.8 Å². The topological polar surface area (TPSA) is 56.7 Å². The molecule has 1 aromatic carbocycles. The second-order valence-corrected chi connectivity index (χ2v) is 9.48. The van der Waals surface area contributed by atoms with Gasteiger partial charge < -0.3 is 10.0 Å². The van der Waals surface area contributed by atoms with Crippen LogP contribution in [-0.2, 0) is 11.3 Å². The number of pyridine rings is 1. The lowest BCUT2D eigenvalue weighted by Crippen LogP contribution is -2.51. The van der Waals surface area contributed by atoms with Crippen LogP contribution in [-0.4, -0.2) is 56.6 Å². The predicted molar refractivity (Wildman–Crippen MR) is 117 cm³/mol. The molecule has 3 heterocycles. The molecule has 5 rings (SSSR count). The zero-order valence-corrected chi connectivity index (χ0v) is 18.1. The maximum Gasteiger partial charge on any atom is 0.243 e. The quantitative estimate of drug-likeness (QED) is 0.782. The number of halogens is 2. The molecule has 1 unspecified atom stereocenters. The van der Waals surface area contributed by atoms with Crippen molar-refractivity contribution in [2.45, 2.75) is 69.2 Å². The van der Waals surface area contributed by atoms with Crippen LogP contribution in [0.3, 0.4) is 0 Å². The van der Waals surface area contributed by atoms with Crippen molar-refractivity contribution in [1.29, 1.82) is 0 Å². The Hall–Kier alpha value is -2.38. The Labute approximate surface area is 187 Å². The lowest BCUT2D eigenvalue weighted by molar-refractivity contribution is -0.139. The molecule has 1 aliphatic carbocycles. The van der Waals surface area contributed by atoms with Gasteiger partial charge in [0.25, 0.3) is 0 Å². The second-order valence-electron chi connectivity index (χ2n) is 9.48. The van der Waals surface area contributed by atoms with Crippen molar-refractivity contribution in [2.24, 2.45) is 0 Å². The number of β-amino-alcohol motifs (C(OH)–C–C–N with tert-alkyl or cyclic N) is 1. The molecule has 1 N–H and O–H groups in total. The number of hydrogen-bond acceptors (Lipinski definition) is 4. The van der Waals surface area contributed by atoms with E-state index in [0.717, 1.165) is 43.6 Å². The highest BCUT2D eigenvalue weighted by Crippen LogP contribution is 2.42. The van der Waals surface area contributed by atoms with Crippen molar-refractivity contribution in [3.8, 4) is 11.1 Å². The van der Waals surface area contributed by atoms with Crippen LogP contribution in [0, 0.1) is 11.6 Å². The summed E-state index contributed by atoms with van der Waals surface area (Å²) in [6.07, 6.45) is 8.12. The fourth-order valence-corrected chi connectivity index (χ4v) is 5.79. The van der Waals surface area contributed by atoms with Gasteiger partial charge in [0.05, 0.1) is 11.8 Å². The fraction of sp³-hybridized carbons (Fsp3) is 0.520. The van der Waals surface area contributed by atoms with Crippen LogP contribution in [0.5, 0.6) is 0 Å². The highest BCUT2D eigenvalue weighted by atomic mass is 19.2. The first-order chi connectivity index (χ1) is 15.5. The third-order valence-corrected chi connectivity index (χ3v) is 7.48. The smallest absolute Gasteiger partial charge is 0.243 e. The zero-order chi connectivity index (χ0) is 22.3. The van der Waals surface area contributed by atoms with Gasteiger partial charge in [0.15, 0.2) is 11.6 Å². The number of aromatic nitrogens is 1. The molecule has 2 atom stereocenters. The van der Waals surface area contributed by atoms with Gasteiger partial charge in [-0.05, 0) is 43.0 Å². The van der Waals surface area contributed by atoms with E-state index >= 15 is 0 Å². The highest BCUT2D eigenvalue weighted by molar-refractivity contribution is 5.89. The lowest BCUT2D eigenvalue weighted by atomic mass is 9.92. The van der Waals surface area contributed by atoms with Gasteiger partial charge >= 0.3 is 0 Å². The Kier molecular flexibility index (Phi) is 5.72. The van der Waals surface area contributed by atoms with E-state index in [0.29, 0.717) is 36.7 Å². The predicted octanol–water partition coefficient (Wildman–Crippen LogP) is 3.90. The van der Waals surface area contributed by atoms with Gasteiger partial charge in [-0.1, -0.05) is 31.4 Å². The van der Waals surface area contributed by atoms with Crippen molar-refractivity contribution >= 4 is 5.91 Å². The summed E-state index contributed by atoms with van der Waals surface area (Å²) < 4.78 is 26.8. The zero-order valence-electron chi connectivity index (χ0n) is 18.1. The molecule has 1 saturated carbocycles. The highest BCUT2D eigenvalue weighted by Gasteiger charge is 2.56. The second kappa shape index (κ2) is 8.52. The van der Waals surface area contributed by atoms with Crippen LogP contribution < -0.4 is 0 Å². The number of rotatable bonds is 4. The monoisotopic (exact) mass is 441 g/mol. The van der Waals surface area contributed by atoms with Crippen molar-refractivity contribution in [3.05, 3.63) is 53.9 Å². The Morgan fingerprint density at radius 1 is 1.06 bits per heavy atom. The number of likely N-dealkylation sites (tertiary alicyclic amines) is 2. The number of nitrogens with zero attached hydrogens (tertiary/aromatic N) is 3. The molecule has 3 fully saturated rings. The first-order valence-corrected chi connectivity index (χ1v) is 11.6. The van der Waals surface area contributed by atoms with Crippen LogP contribution in [0.15, 0.2) is 36.5 Å². The van der Waals surface area contributed by atoms with Crippen LogP contribution in [0.4, 0.5) is 8.78 Å². The number of benzene rings is 1. The van der Waals surface area contributed by atoms with Crippen molar-refractivity contribution in [2.75, 3.05) is 13.1 Å². The summed E-state index contributed by atoms with van der Waals surface area (Å²) in [5, 5.41) is 10.5. The summed E-state index contributed by atoms with van der Waals surface area (Å²) in [5.41, 5.74) is 1.40. The molecule has 2 aliphatic heterocycles. The van der Waals surface area contributed by atoms with Crippen LogP contribution in [0.2, 0.25) is 0 Å². The Morgan fingerprint density at radius 2 is 1.84 bits per heavy atom. The third kappa shape index (κ3) is 3.82. The standard InChI is InChI=1S/C25H29F2N3O2/c26-22-9-7-17(12-23(22)27)18-6-8-19(28-14-18)15-29-16-21(31)13-25(29)10-11-30(24(25)32)20-4-2-1-3-5-20/h6-9,12,14,20-21,31H,1-5,10-11,13,15-16H2/t21-,25?/m1/s1. The number of aliphatic hydroxyl groups excluding tert-OH is 1. The number of aliphatic hydroxyl groups is 1. The van der Waals surface area contributed by atoms with Gasteiger partial charge in [0.1, 0.15) is 5.54 Å². The van der Waals surface area contributed by atoms with Crippen molar-refractivity contribution in [3.63, 3.8) is 0 Å². The van der Waals surface area contributed by atoms with Gasteiger partial charge in [-0.2, -0.15) is 0 Å². The average Bonchev–Trinajstić information content (AvgIpc) is 3.30. The van der Waals surface area contributed by atoms with Gasteiger partial charge in [0.2, 0.25) is 5.91 Å². The molecular formula is C25H29F2N3O2. The lowest BCUT2D eigenvalue weighted by Gasteiger charge is -2.36. The van der Waals surface area contributed by atoms with Gasteiger partial charge in [0, 0.05) is 43.9 Å². The van der Waals surface area contributed by atoms with Gasteiger partial charge in [-0.3, -0.25) is 14.7 Å². The Morgan fingerprint density at radius 3 is 2.56 bits per heavy atom. The minimum atomic E-state index is -0.887. The maximum atomic E-state index is 13.6. The van der Waals surface area contributed by atoms with E-state index in [1.54, 1.807) is 6.20 Å². The minimum absolute atomic E-state index is 0.166. The summed E-state index contributed by atoms with van der Waals surface area (Å²) in [6.45, 7) is 1.69. The number of carbonyl (C=O) groups excluding carboxylic acids is 1. The van der Waals surface area contributed by atoms with E-state index in [9.17, 15) is 18.7 Å². The maximum absolute atomic E-state index is 13.6. The molecule has 1 spiro atoms. The average molecular weight is 442 g/mol. The Bertz CT molecular complexity index is 993.